The third-order valence-electron chi connectivity index (χ3n) is 2.06. The molecule has 0 spiro atoms. The summed E-state index contributed by atoms with van der Waals surface area (Å²) in [7, 11) is 0. The molecule has 0 saturated heterocycles. The Labute approximate surface area is 116 Å². The zero-order valence-electron chi connectivity index (χ0n) is 9.51. The molecule has 1 unspecified atom stereocenters. The van der Waals surface area contributed by atoms with Crippen molar-refractivity contribution >= 4 is 34.2 Å². The van der Waals surface area contributed by atoms with Crippen LogP contribution in [0.15, 0.2) is 24.3 Å². The number of nitrogens with one attached hydrogen (secondary N) is 2. The molecule has 0 saturated carbocycles. The predicted octanol–water partition coefficient (Wildman–Crippen LogP) is 2.77. The van der Waals surface area contributed by atoms with E-state index in [0.29, 0.717) is 5.69 Å². The van der Waals surface area contributed by atoms with E-state index in [1.807, 2.05) is 11.4 Å². The van der Waals surface area contributed by atoms with Crippen molar-refractivity contribution in [2.75, 3.05) is 11.9 Å². The van der Waals surface area contributed by atoms with Gasteiger partial charge in [-0.25, -0.2) is 0 Å². The van der Waals surface area contributed by atoms with Gasteiger partial charge in [-0.15, -0.1) is 0 Å². The molecule has 100 valence electrons. The minimum Gasteiger partial charge on any atom is -0.374 e. The molecule has 0 aromatic heterocycles. The summed E-state index contributed by atoms with van der Waals surface area (Å²) in [6.45, 7) is 0.190. The second kappa shape index (κ2) is 6.26. The summed E-state index contributed by atoms with van der Waals surface area (Å²) < 4.78 is 36.7. The zero-order valence-corrected chi connectivity index (χ0v) is 11.7. The summed E-state index contributed by atoms with van der Waals surface area (Å²) >= 11 is 2.11. The summed E-state index contributed by atoms with van der Waals surface area (Å²) in [6.07, 6.45) is -4.39. The molecule has 0 heterocycles. The first-order chi connectivity index (χ1) is 8.28. The van der Waals surface area contributed by atoms with Crippen molar-refractivity contribution in [3.05, 3.63) is 27.8 Å². The largest absolute Gasteiger partial charge is 0.405 e. The molecule has 0 bridgehead atoms. The summed E-state index contributed by atoms with van der Waals surface area (Å²) in [5, 5.41) is 4.66. The number of rotatable bonds is 4. The van der Waals surface area contributed by atoms with E-state index in [0.717, 1.165) is 3.57 Å². The van der Waals surface area contributed by atoms with Crippen LogP contribution in [0.4, 0.5) is 18.9 Å². The van der Waals surface area contributed by atoms with Gasteiger partial charge in [-0.1, -0.05) is 6.07 Å². The highest BCUT2D eigenvalue weighted by Gasteiger charge is 2.28. The first-order valence-corrected chi connectivity index (χ1v) is 6.22. The van der Waals surface area contributed by atoms with E-state index >= 15 is 0 Å². The summed E-state index contributed by atoms with van der Waals surface area (Å²) in [5.74, 6) is -0.689. The summed E-state index contributed by atoms with van der Waals surface area (Å²) in [4.78, 5) is 11.4. The Balaban J connectivity index is 2.50. The quantitative estimate of drug-likeness (QED) is 0.799. The molecule has 0 radical (unpaired) electrons. The second-order valence-electron chi connectivity index (χ2n) is 3.71. The van der Waals surface area contributed by atoms with Crippen LogP contribution in [0.3, 0.4) is 0 Å². The van der Waals surface area contributed by atoms with Crippen LogP contribution >= 0.6 is 22.6 Å². The molecule has 18 heavy (non-hydrogen) atoms. The van der Waals surface area contributed by atoms with Gasteiger partial charge in [0.05, 0.1) is 0 Å². The lowest BCUT2D eigenvalue weighted by Gasteiger charge is -2.16. The highest BCUT2D eigenvalue weighted by Crippen LogP contribution is 2.14. The van der Waals surface area contributed by atoms with Gasteiger partial charge in [0.25, 0.3) is 0 Å². The minimum absolute atomic E-state index is 0.689. The monoisotopic (exact) mass is 372 g/mol. The predicted molar refractivity (Wildman–Crippen MR) is 71.3 cm³/mol. The first kappa shape index (κ1) is 15.1. The number of hydrogen-bond donors (Lipinski definition) is 2. The molecule has 1 aromatic rings. The van der Waals surface area contributed by atoms with Gasteiger partial charge in [-0.2, -0.15) is 13.2 Å². The van der Waals surface area contributed by atoms with Gasteiger partial charge in [0.1, 0.15) is 12.6 Å². The third-order valence-corrected chi connectivity index (χ3v) is 2.74. The van der Waals surface area contributed by atoms with Gasteiger partial charge in [0.2, 0.25) is 5.91 Å². The van der Waals surface area contributed by atoms with E-state index in [9.17, 15) is 18.0 Å². The molecule has 7 heteroatoms. The van der Waals surface area contributed by atoms with Crippen molar-refractivity contribution < 1.29 is 18.0 Å². The smallest absolute Gasteiger partial charge is 0.374 e. The molecule has 2 N–H and O–H groups in total. The van der Waals surface area contributed by atoms with Gasteiger partial charge in [0.15, 0.2) is 0 Å². The third kappa shape index (κ3) is 5.56. The SMILES string of the molecule is CC(Nc1cccc(I)c1)C(=O)NCC(F)(F)F. The fourth-order valence-electron chi connectivity index (χ4n) is 1.23. The fourth-order valence-corrected chi connectivity index (χ4v) is 1.78. The Kier molecular flexibility index (Phi) is 5.24. The van der Waals surface area contributed by atoms with Crippen molar-refractivity contribution in [1.29, 1.82) is 0 Å². The number of carbonyl (C=O) groups excluding carboxylic acids is 1. The number of alkyl halides is 3. The van der Waals surface area contributed by atoms with Crippen LogP contribution in [0, 0.1) is 3.57 Å². The Morgan fingerprint density at radius 3 is 2.67 bits per heavy atom. The maximum atomic E-state index is 11.9. The Morgan fingerprint density at radius 2 is 2.11 bits per heavy atom. The number of hydrogen-bond acceptors (Lipinski definition) is 2. The molecule has 0 aliphatic heterocycles. The molecule has 0 fully saturated rings. The van der Waals surface area contributed by atoms with E-state index in [-0.39, 0.29) is 0 Å². The molecule has 1 aromatic carbocycles. The average molecular weight is 372 g/mol. The van der Waals surface area contributed by atoms with Crippen molar-refractivity contribution in [2.45, 2.75) is 19.1 Å². The lowest BCUT2D eigenvalue weighted by Crippen LogP contribution is -2.42. The number of anilines is 1. The zero-order chi connectivity index (χ0) is 13.8. The lowest BCUT2D eigenvalue weighted by atomic mass is 10.2. The highest BCUT2D eigenvalue weighted by molar-refractivity contribution is 14.1. The van der Waals surface area contributed by atoms with Crippen LogP contribution in [0.1, 0.15) is 6.92 Å². The van der Waals surface area contributed by atoms with E-state index in [4.69, 9.17) is 0 Å². The van der Waals surface area contributed by atoms with Crippen molar-refractivity contribution in [3.63, 3.8) is 0 Å². The van der Waals surface area contributed by atoms with Gasteiger partial charge in [-0.05, 0) is 47.7 Å². The van der Waals surface area contributed by atoms with Crippen molar-refractivity contribution in [1.82, 2.24) is 5.32 Å². The van der Waals surface area contributed by atoms with Crippen LogP contribution in [0.5, 0.6) is 0 Å². The van der Waals surface area contributed by atoms with Crippen LogP contribution < -0.4 is 10.6 Å². The van der Waals surface area contributed by atoms with Crippen LogP contribution in [0.25, 0.3) is 0 Å². The van der Waals surface area contributed by atoms with E-state index in [2.05, 4.69) is 27.9 Å². The van der Waals surface area contributed by atoms with Gasteiger partial charge < -0.3 is 10.6 Å². The molecule has 3 nitrogen and oxygen atoms in total. The maximum Gasteiger partial charge on any atom is 0.405 e. The minimum atomic E-state index is -4.39. The Hall–Kier alpha value is -0.990. The molecular formula is C11H12F3IN2O. The van der Waals surface area contributed by atoms with Crippen molar-refractivity contribution in [3.8, 4) is 0 Å². The van der Waals surface area contributed by atoms with Crippen LogP contribution in [-0.2, 0) is 4.79 Å². The number of halogens is 4. The topological polar surface area (TPSA) is 41.1 Å². The summed E-state index contributed by atoms with van der Waals surface area (Å²) in [6, 6.07) is 6.49. The molecular weight excluding hydrogens is 360 g/mol. The Bertz CT molecular complexity index is 423. The molecule has 0 aliphatic rings. The normalized spacial score (nSPS) is 12.9. The first-order valence-electron chi connectivity index (χ1n) is 5.14. The van der Waals surface area contributed by atoms with Crippen LogP contribution in [-0.4, -0.2) is 24.7 Å². The second-order valence-corrected chi connectivity index (χ2v) is 4.95. The van der Waals surface area contributed by atoms with Gasteiger partial charge in [0, 0.05) is 9.26 Å². The number of carbonyl (C=O) groups is 1. The summed E-state index contributed by atoms with van der Waals surface area (Å²) in [5.41, 5.74) is 0.691. The average Bonchev–Trinajstić information content (AvgIpc) is 2.24. The number of benzene rings is 1. The standard InChI is InChI=1S/C11H12F3IN2O/c1-7(10(18)16-6-11(12,13)14)17-9-4-2-3-8(15)5-9/h2-5,7,17H,6H2,1H3,(H,16,18). The highest BCUT2D eigenvalue weighted by atomic mass is 127. The van der Waals surface area contributed by atoms with Crippen LogP contribution in [0.2, 0.25) is 0 Å². The molecule has 0 aliphatic carbocycles. The molecule has 1 amide bonds. The van der Waals surface area contributed by atoms with Gasteiger partial charge in [-0.3, -0.25) is 4.79 Å². The van der Waals surface area contributed by atoms with Crippen molar-refractivity contribution in [2.24, 2.45) is 0 Å². The van der Waals surface area contributed by atoms with E-state index < -0.39 is 24.7 Å². The fraction of sp³-hybridized carbons (Fsp3) is 0.364. The molecule has 1 atom stereocenters. The van der Waals surface area contributed by atoms with E-state index in [1.165, 1.54) is 6.92 Å². The Morgan fingerprint density at radius 1 is 1.44 bits per heavy atom. The maximum absolute atomic E-state index is 11.9. The molecule has 1 rings (SSSR count). The van der Waals surface area contributed by atoms with E-state index in [1.54, 1.807) is 18.2 Å². The lowest BCUT2D eigenvalue weighted by molar-refractivity contribution is -0.138. The van der Waals surface area contributed by atoms with Gasteiger partial charge >= 0.3 is 6.18 Å². The number of amides is 1.